The number of hydrogen-bond acceptors (Lipinski definition) is 4. The molecule has 0 bridgehead atoms. The van der Waals surface area contributed by atoms with Gasteiger partial charge in [-0.1, -0.05) is 6.92 Å². The van der Waals surface area contributed by atoms with E-state index in [9.17, 15) is 44.3 Å². The number of halogens is 9. The average molecular weight is 628 g/mol. The highest BCUT2D eigenvalue weighted by atomic mass is 19.4. The van der Waals surface area contributed by atoms with Crippen LogP contribution in [0.25, 0.3) is 0 Å². The minimum Gasteiger partial charge on any atom is -0.439 e. The highest BCUT2D eigenvalue weighted by molar-refractivity contribution is 5.71. The Labute approximate surface area is 242 Å². The van der Waals surface area contributed by atoms with Gasteiger partial charge in [0.25, 0.3) is 0 Å². The third-order valence-electron chi connectivity index (χ3n) is 8.38. The summed E-state index contributed by atoms with van der Waals surface area (Å²) < 4.78 is 127. The summed E-state index contributed by atoms with van der Waals surface area (Å²) in [7, 11) is 4.20. The number of anilines is 1. The number of rotatable bonds is 6. The first-order valence-electron chi connectivity index (χ1n) is 13.6. The number of carbonyl (C=O) groups excluding carboxylic acids is 1. The van der Waals surface area contributed by atoms with E-state index in [1.807, 2.05) is 6.92 Å². The lowest BCUT2D eigenvalue weighted by atomic mass is 9.93. The molecule has 2 unspecified atom stereocenters. The van der Waals surface area contributed by atoms with Gasteiger partial charge in [-0.05, 0) is 43.2 Å². The van der Waals surface area contributed by atoms with Crippen LogP contribution >= 0.6 is 0 Å². The molecule has 2 aliphatic rings. The van der Waals surface area contributed by atoms with Crippen LogP contribution in [0.4, 0.5) is 50.1 Å². The van der Waals surface area contributed by atoms with Crippen molar-refractivity contribution in [2.45, 2.75) is 82.4 Å². The molecule has 1 aromatic carbocycles. The van der Waals surface area contributed by atoms with Crippen molar-refractivity contribution in [2.24, 2.45) is 0 Å². The molecule has 0 aliphatic carbocycles. The van der Waals surface area contributed by atoms with Gasteiger partial charge >= 0.3 is 24.6 Å². The number of hydrogen-bond donors (Lipinski definition) is 1. The summed E-state index contributed by atoms with van der Waals surface area (Å²) in [4.78, 5) is 17.8. The number of amides is 1. The minimum atomic E-state index is -5.12. The Balaban J connectivity index is 1.65. The molecule has 2 aliphatic heterocycles. The third-order valence-corrected chi connectivity index (χ3v) is 8.38. The van der Waals surface area contributed by atoms with Crippen molar-refractivity contribution < 1.29 is 53.5 Å². The van der Waals surface area contributed by atoms with Crippen molar-refractivity contribution in [3.8, 4) is 0 Å². The van der Waals surface area contributed by atoms with Crippen LogP contribution in [-0.2, 0) is 29.8 Å². The number of benzene rings is 1. The van der Waals surface area contributed by atoms with Gasteiger partial charge < -0.3 is 14.5 Å². The monoisotopic (exact) mass is 627 g/mol. The van der Waals surface area contributed by atoms with Crippen LogP contribution in [0.3, 0.4) is 0 Å². The molecule has 2 saturated heterocycles. The maximum atomic E-state index is 13.6. The van der Waals surface area contributed by atoms with E-state index in [-0.39, 0.29) is 29.5 Å². The molecule has 43 heavy (non-hydrogen) atoms. The first-order valence-corrected chi connectivity index (χ1v) is 13.6. The first-order chi connectivity index (χ1) is 19.7. The van der Waals surface area contributed by atoms with E-state index in [0.717, 1.165) is 28.4 Å². The van der Waals surface area contributed by atoms with Gasteiger partial charge in [-0.2, -0.15) is 39.5 Å². The molecule has 4 atom stereocenters. The van der Waals surface area contributed by atoms with Crippen LogP contribution < -0.4 is 5.32 Å². The second-order valence-electron chi connectivity index (χ2n) is 11.7. The van der Waals surface area contributed by atoms with E-state index < -0.39 is 65.6 Å². The standard InChI is InChI=1S/C28H32F9N4O2/c1-5-22-12-21(6-7-41(22,3)4)39-24-17(10-20(13-38-24)28(35,36)37)14-40-15(2)23(43-25(40)42)16-8-18(26(29,30)31)11-19(9-16)27(32,33)34/h8-11,13,15,21-23H,5-7,12,14H2,1-4H3,(H,38,39)/q+1/t15-,21?,22?,23-/m0/s1. The highest BCUT2D eigenvalue weighted by Crippen LogP contribution is 2.42. The van der Waals surface area contributed by atoms with Gasteiger partial charge in [-0.15, -0.1) is 0 Å². The fourth-order valence-corrected chi connectivity index (χ4v) is 5.79. The Bertz CT molecular complexity index is 1310. The molecule has 1 aromatic heterocycles. The molecule has 238 valence electrons. The number of ether oxygens (including phenoxy) is 1. The lowest BCUT2D eigenvalue weighted by Gasteiger charge is -2.44. The number of piperidine rings is 1. The van der Waals surface area contributed by atoms with Crippen molar-refractivity contribution >= 4 is 11.9 Å². The number of pyridine rings is 1. The number of quaternary nitrogens is 1. The predicted octanol–water partition coefficient (Wildman–Crippen LogP) is 7.65. The molecule has 1 amide bonds. The van der Waals surface area contributed by atoms with E-state index >= 15 is 0 Å². The van der Waals surface area contributed by atoms with E-state index in [1.165, 1.54) is 6.92 Å². The normalized spacial score (nSPS) is 24.7. The van der Waals surface area contributed by atoms with Crippen LogP contribution in [-0.4, -0.2) is 59.2 Å². The zero-order valence-electron chi connectivity index (χ0n) is 23.8. The number of nitrogens with one attached hydrogen (secondary N) is 1. The summed E-state index contributed by atoms with van der Waals surface area (Å²) in [6.45, 7) is 3.71. The summed E-state index contributed by atoms with van der Waals surface area (Å²) in [6, 6.07) is 0.765. The number of carbonyl (C=O) groups is 1. The average Bonchev–Trinajstić information content (AvgIpc) is 3.17. The number of cyclic esters (lactones) is 1. The Kier molecular flexibility index (Phi) is 8.63. The molecule has 0 radical (unpaired) electrons. The molecule has 3 heterocycles. The second-order valence-corrected chi connectivity index (χ2v) is 11.7. The minimum absolute atomic E-state index is 0.0216. The zero-order valence-corrected chi connectivity index (χ0v) is 23.8. The quantitative estimate of drug-likeness (QED) is 0.264. The Hall–Kier alpha value is -3.23. The fraction of sp³-hybridized carbons (Fsp3) is 0.571. The number of alkyl halides is 9. The SMILES string of the molecule is CCC1CC(Nc2ncc(C(F)(F)F)cc2CN2C(=O)O[C@H](c3cc(C(F)(F)F)cc(C(F)(F)F)c3)[C@@H]2C)CC[N+]1(C)C. The Morgan fingerprint density at radius 1 is 0.953 bits per heavy atom. The zero-order chi connectivity index (χ0) is 32.1. The maximum Gasteiger partial charge on any atom is 0.417 e. The number of likely N-dealkylation sites (tertiary alicyclic amines) is 1. The molecule has 15 heteroatoms. The molecule has 2 fully saturated rings. The van der Waals surface area contributed by atoms with Gasteiger partial charge in [0.1, 0.15) is 11.9 Å². The second kappa shape index (κ2) is 11.4. The van der Waals surface area contributed by atoms with Crippen LogP contribution in [0.5, 0.6) is 0 Å². The Morgan fingerprint density at radius 3 is 2.07 bits per heavy atom. The third kappa shape index (κ3) is 7.13. The van der Waals surface area contributed by atoms with Gasteiger partial charge in [0, 0.05) is 30.6 Å². The molecule has 0 saturated carbocycles. The molecule has 1 N–H and O–H groups in total. The van der Waals surface area contributed by atoms with Crippen molar-refractivity contribution in [3.05, 3.63) is 58.3 Å². The molecular formula is C28H32F9N4O2+. The van der Waals surface area contributed by atoms with Crippen molar-refractivity contribution in [3.63, 3.8) is 0 Å². The summed E-state index contributed by atoms with van der Waals surface area (Å²) in [5.41, 5.74) is -4.80. The summed E-state index contributed by atoms with van der Waals surface area (Å²) >= 11 is 0. The lowest BCUT2D eigenvalue weighted by molar-refractivity contribution is -0.920. The summed E-state index contributed by atoms with van der Waals surface area (Å²) in [6.07, 6.45) is -14.7. The molecular weight excluding hydrogens is 595 g/mol. The lowest BCUT2D eigenvalue weighted by Crippen LogP contribution is -2.56. The molecule has 4 rings (SSSR count). The van der Waals surface area contributed by atoms with Gasteiger partial charge in [-0.25, -0.2) is 9.78 Å². The molecule has 0 spiro atoms. The molecule has 6 nitrogen and oxygen atoms in total. The van der Waals surface area contributed by atoms with Crippen molar-refractivity contribution in [1.29, 1.82) is 0 Å². The molecule has 2 aromatic rings. The van der Waals surface area contributed by atoms with Crippen molar-refractivity contribution in [2.75, 3.05) is 26.0 Å². The number of nitrogens with zero attached hydrogens (tertiary/aromatic N) is 3. The van der Waals surface area contributed by atoms with E-state index in [1.54, 1.807) is 0 Å². The smallest absolute Gasteiger partial charge is 0.417 e. The largest absolute Gasteiger partial charge is 0.439 e. The van der Waals surface area contributed by atoms with Crippen LogP contribution in [0, 0.1) is 0 Å². The Morgan fingerprint density at radius 2 is 1.53 bits per heavy atom. The van der Waals surface area contributed by atoms with Gasteiger partial charge in [0.2, 0.25) is 0 Å². The van der Waals surface area contributed by atoms with E-state index in [0.29, 0.717) is 31.2 Å². The highest BCUT2D eigenvalue weighted by Gasteiger charge is 2.44. The summed E-state index contributed by atoms with van der Waals surface area (Å²) in [5, 5.41) is 3.21. The van der Waals surface area contributed by atoms with Gasteiger partial charge in [-0.3, -0.25) is 4.90 Å². The maximum absolute atomic E-state index is 13.6. The van der Waals surface area contributed by atoms with E-state index in [2.05, 4.69) is 24.4 Å². The van der Waals surface area contributed by atoms with Crippen LogP contribution in [0.15, 0.2) is 30.5 Å². The van der Waals surface area contributed by atoms with Gasteiger partial charge in [0.15, 0.2) is 0 Å². The summed E-state index contributed by atoms with van der Waals surface area (Å²) in [5.74, 6) is 0.0990. The van der Waals surface area contributed by atoms with Crippen LogP contribution in [0.1, 0.15) is 67.0 Å². The van der Waals surface area contributed by atoms with E-state index in [4.69, 9.17) is 4.74 Å². The number of aromatic nitrogens is 1. The van der Waals surface area contributed by atoms with Gasteiger partial charge in [0.05, 0.1) is 56.0 Å². The van der Waals surface area contributed by atoms with Crippen molar-refractivity contribution in [1.82, 2.24) is 9.88 Å². The first kappa shape index (κ1) is 32.7. The predicted molar refractivity (Wildman–Crippen MR) is 138 cm³/mol. The fourth-order valence-electron chi connectivity index (χ4n) is 5.79. The van der Waals surface area contributed by atoms with Crippen LogP contribution in [0.2, 0.25) is 0 Å². The topological polar surface area (TPSA) is 54.5 Å².